The first kappa shape index (κ1) is 10.0. The maximum Gasteiger partial charge on any atom is 0.217 e. The summed E-state index contributed by atoms with van der Waals surface area (Å²) in [6.45, 7) is 3.97. The Morgan fingerprint density at radius 3 is 2.75 bits per heavy atom. The Labute approximate surface area is 97.2 Å². The van der Waals surface area contributed by atoms with Gasteiger partial charge in [0.1, 0.15) is 12.4 Å². The predicted molar refractivity (Wildman–Crippen MR) is 68.1 cm³/mol. The van der Waals surface area contributed by atoms with E-state index in [1.807, 2.05) is 0 Å². The number of nitrogens with one attached hydrogen (secondary N) is 1. The number of fused-ring (bicyclic) bond motifs is 2. The molecule has 1 N–H and O–H groups in total. The number of hydrogen-bond donors (Lipinski definition) is 1. The molecule has 16 heavy (non-hydrogen) atoms. The normalized spacial score (nSPS) is 19.4. The van der Waals surface area contributed by atoms with Gasteiger partial charge in [0.2, 0.25) is 7.98 Å². The standard InChI is InChI=1S/C12H17BN2O/c13-15-5-6-16-12-8-10-2-4-14-3-1-9(10)7-11(12)15/h7-8,14H,1-6,13H2. The molecular formula is C12H17BN2O. The summed E-state index contributed by atoms with van der Waals surface area (Å²) in [7, 11) is 2.14. The van der Waals surface area contributed by atoms with Crippen LogP contribution in [0.5, 0.6) is 5.75 Å². The van der Waals surface area contributed by atoms with Crippen LogP contribution in [0, 0.1) is 0 Å². The van der Waals surface area contributed by atoms with Crippen LogP contribution in [-0.2, 0) is 12.8 Å². The fraction of sp³-hybridized carbons (Fsp3) is 0.500. The van der Waals surface area contributed by atoms with Crippen LogP contribution < -0.4 is 14.9 Å². The molecule has 1 aromatic rings. The average molecular weight is 216 g/mol. The number of rotatable bonds is 0. The van der Waals surface area contributed by atoms with Gasteiger partial charge in [0.25, 0.3) is 0 Å². The van der Waals surface area contributed by atoms with Crippen molar-refractivity contribution in [3.63, 3.8) is 0 Å². The number of benzene rings is 1. The van der Waals surface area contributed by atoms with E-state index in [0.717, 1.165) is 44.8 Å². The summed E-state index contributed by atoms with van der Waals surface area (Å²) in [5.41, 5.74) is 4.20. The molecule has 0 atom stereocenters. The van der Waals surface area contributed by atoms with Gasteiger partial charge in [-0.2, -0.15) is 0 Å². The smallest absolute Gasteiger partial charge is 0.217 e. The first-order chi connectivity index (χ1) is 7.84. The summed E-state index contributed by atoms with van der Waals surface area (Å²) in [6, 6.07) is 4.56. The van der Waals surface area contributed by atoms with Crippen molar-refractivity contribution in [2.24, 2.45) is 0 Å². The summed E-state index contributed by atoms with van der Waals surface area (Å²) >= 11 is 0. The van der Waals surface area contributed by atoms with Crippen LogP contribution in [0.4, 0.5) is 5.69 Å². The van der Waals surface area contributed by atoms with Gasteiger partial charge in [0.05, 0.1) is 5.69 Å². The molecular weight excluding hydrogens is 199 g/mol. The summed E-state index contributed by atoms with van der Waals surface area (Å²) in [5, 5.41) is 3.44. The lowest BCUT2D eigenvalue weighted by molar-refractivity contribution is 0.316. The zero-order valence-electron chi connectivity index (χ0n) is 9.75. The van der Waals surface area contributed by atoms with Crippen molar-refractivity contribution in [1.82, 2.24) is 5.32 Å². The molecule has 0 saturated heterocycles. The lowest BCUT2D eigenvalue weighted by Gasteiger charge is -2.29. The van der Waals surface area contributed by atoms with Crippen LogP contribution in [0.1, 0.15) is 11.1 Å². The van der Waals surface area contributed by atoms with Crippen molar-refractivity contribution in [3.8, 4) is 5.75 Å². The van der Waals surface area contributed by atoms with E-state index in [4.69, 9.17) is 4.74 Å². The second-order valence-corrected chi connectivity index (χ2v) is 4.61. The summed E-state index contributed by atoms with van der Waals surface area (Å²) < 4.78 is 5.74. The first-order valence-corrected chi connectivity index (χ1v) is 6.05. The molecule has 0 radical (unpaired) electrons. The zero-order chi connectivity index (χ0) is 11.0. The van der Waals surface area contributed by atoms with Gasteiger partial charge in [-0.3, -0.25) is 0 Å². The Hall–Kier alpha value is -1.16. The second-order valence-electron chi connectivity index (χ2n) is 4.61. The fourth-order valence-electron chi connectivity index (χ4n) is 2.52. The van der Waals surface area contributed by atoms with E-state index in [0.29, 0.717) is 0 Å². The van der Waals surface area contributed by atoms with Crippen LogP contribution in [-0.4, -0.2) is 34.2 Å². The average Bonchev–Trinajstić information content (AvgIpc) is 2.52. The van der Waals surface area contributed by atoms with Crippen molar-refractivity contribution in [2.75, 3.05) is 31.1 Å². The number of nitrogens with zero attached hydrogens (tertiary/aromatic N) is 1. The number of hydrogen-bond acceptors (Lipinski definition) is 3. The van der Waals surface area contributed by atoms with Crippen molar-refractivity contribution in [2.45, 2.75) is 12.8 Å². The van der Waals surface area contributed by atoms with E-state index in [-0.39, 0.29) is 0 Å². The molecule has 0 spiro atoms. The van der Waals surface area contributed by atoms with Crippen LogP contribution in [0.2, 0.25) is 0 Å². The Morgan fingerprint density at radius 1 is 1.19 bits per heavy atom. The molecule has 2 aliphatic rings. The quantitative estimate of drug-likeness (QED) is 0.623. The minimum absolute atomic E-state index is 0.806. The van der Waals surface area contributed by atoms with E-state index in [1.54, 1.807) is 0 Å². The van der Waals surface area contributed by atoms with Crippen LogP contribution in [0.25, 0.3) is 0 Å². The molecule has 4 heteroatoms. The molecule has 0 fully saturated rings. The highest BCUT2D eigenvalue weighted by atomic mass is 16.5. The lowest BCUT2D eigenvalue weighted by Crippen LogP contribution is -2.30. The molecule has 0 aliphatic carbocycles. The van der Waals surface area contributed by atoms with Gasteiger partial charge in [0.15, 0.2) is 0 Å². The summed E-state index contributed by atoms with van der Waals surface area (Å²) in [6.07, 6.45) is 2.26. The highest BCUT2D eigenvalue weighted by Gasteiger charge is 2.18. The third kappa shape index (κ3) is 1.67. The first-order valence-electron chi connectivity index (χ1n) is 6.05. The highest BCUT2D eigenvalue weighted by Crippen LogP contribution is 2.34. The third-order valence-electron chi connectivity index (χ3n) is 3.52. The van der Waals surface area contributed by atoms with Gasteiger partial charge >= 0.3 is 0 Å². The second kappa shape index (κ2) is 4.02. The molecule has 0 amide bonds. The van der Waals surface area contributed by atoms with Crippen molar-refractivity contribution in [1.29, 1.82) is 0 Å². The molecule has 0 unspecified atom stereocenters. The van der Waals surface area contributed by atoms with Crippen molar-refractivity contribution < 1.29 is 4.74 Å². The van der Waals surface area contributed by atoms with Crippen molar-refractivity contribution in [3.05, 3.63) is 23.3 Å². The highest BCUT2D eigenvalue weighted by molar-refractivity contribution is 6.18. The number of anilines is 1. The maximum atomic E-state index is 5.74. The largest absolute Gasteiger partial charge is 0.490 e. The topological polar surface area (TPSA) is 24.5 Å². The SMILES string of the molecule is BN1CCOc2cc3c(cc21)CCNCC3. The third-order valence-corrected chi connectivity index (χ3v) is 3.52. The van der Waals surface area contributed by atoms with E-state index in [2.05, 4.69) is 30.2 Å². The van der Waals surface area contributed by atoms with Crippen LogP contribution in [0.3, 0.4) is 0 Å². The van der Waals surface area contributed by atoms with Gasteiger partial charge in [-0.1, -0.05) is 0 Å². The Kier molecular flexibility index (Phi) is 2.52. The van der Waals surface area contributed by atoms with Crippen LogP contribution >= 0.6 is 0 Å². The van der Waals surface area contributed by atoms with Gasteiger partial charge in [-0.25, -0.2) is 0 Å². The molecule has 1 aromatic carbocycles. The Morgan fingerprint density at radius 2 is 1.94 bits per heavy atom. The summed E-state index contributed by atoms with van der Waals surface area (Å²) in [4.78, 5) is 2.29. The van der Waals surface area contributed by atoms with Crippen molar-refractivity contribution >= 4 is 13.7 Å². The van der Waals surface area contributed by atoms with Gasteiger partial charge < -0.3 is 14.9 Å². The van der Waals surface area contributed by atoms with E-state index in [9.17, 15) is 0 Å². The Balaban J connectivity index is 2.05. The lowest BCUT2D eigenvalue weighted by atomic mass is 9.99. The molecule has 0 aromatic heterocycles. The minimum Gasteiger partial charge on any atom is -0.490 e. The molecule has 2 heterocycles. The van der Waals surface area contributed by atoms with E-state index >= 15 is 0 Å². The number of ether oxygens (including phenoxy) is 1. The monoisotopic (exact) mass is 216 g/mol. The van der Waals surface area contributed by atoms with Crippen LogP contribution in [0.15, 0.2) is 12.1 Å². The maximum absolute atomic E-state index is 5.74. The van der Waals surface area contributed by atoms with Gasteiger partial charge in [-0.05, 0) is 49.2 Å². The molecule has 0 bridgehead atoms. The molecule has 3 rings (SSSR count). The van der Waals surface area contributed by atoms with E-state index in [1.165, 1.54) is 16.8 Å². The minimum atomic E-state index is 0.806. The Bertz CT molecular complexity index is 408. The zero-order valence-corrected chi connectivity index (χ0v) is 9.75. The summed E-state index contributed by atoms with van der Waals surface area (Å²) in [5.74, 6) is 1.06. The molecule has 3 nitrogen and oxygen atoms in total. The van der Waals surface area contributed by atoms with Gasteiger partial charge in [-0.15, -0.1) is 0 Å². The fourth-order valence-corrected chi connectivity index (χ4v) is 2.52. The molecule has 84 valence electrons. The molecule has 0 saturated carbocycles. The molecule has 2 aliphatic heterocycles. The predicted octanol–water partition coefficient (Wildman–Crippen LogP) is 0.122. The van der Waals surface area contributed by atoms with E-state index < -0.39 is 0 Å². The van der Waals surface area contributed by atoms with Gasteiger partial charge in [0, 0.05) is 6.54 Å².